The summed E-state index contributed by atoms with van der Waals surface area (Å²) in [5, 5.41) is 8.89. The number of carboxylic acids is 1. The fourth-order valence-electron chi connectivity index (χ4n) is 2.56. The van der Waals surface area contributed by atoms with Crippen molar-refractivity contribution >= 4 is 11.5 Å². The maximum Gasteiger partial charge on any atom is 0.303 e. The highest BCUT2D eigenvalue weighted by atomic mass is 16.5. The molecule has 2 aromatic carbocycles. The van der Waals surface area contributed by atoms with Gasteiger partial charge in [-0.25, -0.2) is 0 Å². The number of rotatable bonds is 7. The molecule has 3 nitrogen and oxygen atoms in total. The molecule has 0 bridgehead atoms. The lowest BCUT2D eigenvalue weighted by molar-refractivity contribution is -0.136. The molecule has 0 saturated heterocycles. The average molecular weight is 324 g/mol. The molecular weight excluding hydrogens is 300 g/mol. The van der Waals surface area contributed by atoms with Gasteiger partial charge in [-0.1, -0.05) is 56.3 Å². The molecule has 0 aliphatic carbocycles. The third-order valence-electron chi connectivity index (χ3n) is 4.00. The van der Waals surface area contributed by atoms with Crippen LogP contribution in [0.1, 0.15) is 49.3 Å². The van der Waals surface area contributed by atoms with Crippen molar-refractivity contribution in [2.75, 3.05) is 7.11 Å². The van der Waals surface area contributed by atoms with E-state index in [0.29, 0.717) is 12.3 Å². The number of carbonyl (C=O) groups is 1. The fraction of sp³-hybridized carbons (Fsp3) is 0.286. The van der Waals surface area contributed by atoms with Gasteiger partial charge in [-0.3, -0.25) is 4.79 Å². The van der Waals surface area contributed by atoms with Crippen molar-refractivity contribution in [2.45, 2.75) is 32.6 Å². The number of aliphatic carboxylic acids is 1. The predicted octanol–water partition coefficient (Wildman–Crippen LogP) is 5.12. The van der Waals surface area contributed by atoms with Gasteiger partial charge in [-0.2, -0.15) is 0 Å². The van der Waals surface area contributed by atoms with Crippen LogP contribution in [-0.2, 0) is 4.79 Å². The molecule has 24 heavy (non-hydrogen) atoms. The largest absolute Gasteiger partial charge is 0.497 e. The van der Waals surface area contributed by atoms with E-state index in [1.165, 1.54) is 5.56 Å². The molecule has 2 aromatic rings. The van der Waals surface area contributed by atoms with Crippen LogP contribution in [0.5, 0.6) is 5.75 Å². The number of methoxy groups -OCH3 is 1. The van der Waals surface area contributed by atoms with E-state index in [4.69, 9.17) is 9.84 Å². The van der Waals surface area contributed by atoms with Crippen molar-refractivity contribution in [2.24, 2.45) is 0 Å². The van der Waals surface area contributed by atoms with Gasteiger partial charge in [-0.05, 0) is 46.7 Å². The molecule has 0 aliphatic heterocycles. The molecule has 126 valence electrons. The van der Waals surface area contributed by atoms with Gasteiger partial charge in [0, 0.05) is 6.42 Å². The predicted molar refractivity (Wildman–Crippen MR) is 97.5 cm³/mol. The summed E-state index contributed by atoms with van der Waals surface area (Å²) in [5.74, 6) is 0.508. The Labute approximate surface area is 143 Å². The quantitative estimate of drug-likeness (QED) is 0.769. The second kappa shape index (κ2) is 8.34. The Bertz CT molecular complexity index is 695. The third kappa shape index (κ3) is 4.72. The Hall–Kier alpha value is -2.55. The minimum atomic E-state index is -0.782. The highest BCUT2D eigenvalue weighted by molar-refractivity contribution is 5.80. The maximum atomic E-state index is 10.8. The summed E-state index contributed by atoms with van der Waals surface area (Å²) in [7, 11) is 1.64. The molecule has 0 atom stereocenters. The van der Waals surface area contributed by atoms with E-state index in [2.05, 4.69) is 38.1 Å². The summed E-state index contributed by atoms with van der Waals surface area (Å²) in [6.45, 7) is 4.34. The van der Waals surface area contributed by atoms with E-state index in [9.17, 15) is 4.79 Å². The zero-order valence-corrected chi connectivity index (χ0v) is 14.5. The minimum absolute atomic E-state index is 0.129. The molecular formula is C21H24O3. The van der Waals surface area contributed by atoms with E-state index >= 15 is 0 Å². The van der Waals surface area contributed by atoms with Crippen LogP contribution in [0, 0.1) is 0 Å². The van der Waals surface area contributed by atoms with Crippen molar-refractivity contribution < 1.29 is 14.6 Å². The number of ether oxygens (including phenoxy) is 1. The van der Waals surface area contributed by atoms with Crippen LogP contribution in [0.25, 0.3) is 5.57 Å². The molecule has 0 radical (unpaired) electrons. The van der Waals surface area contributed by atoms with Gasteiger partial charge in [0.25, 0.3) is 0 Å². The van der Waals surface area contributed by atoms with Gasteiger partial charge in [0.2, 0.25) is 0 Å². The summed E-state index contributed by atoms with van der Waals surface area (Å²) in [6.07, 6.45) is 2.63. The summed E-state index contributed by atoms with van der Waals surface area (Å²) in [4.78, 5) is 10.8. The van der Waals surface area contributed by atoms with Crippen molar-refractivity contribution in [3.63, 3.8) is 0 Å². The molecule has 2 rings (SSSR count). The van der Waals surface area contributed by atoms with Gasteiger partial charge < -0.3 is 9.84 Å². The molecule has 1 N–H and O–H groups in total. The summed E-state index contributed by atoms with van der Waals surface area (Å²) in [5.41, 5.74) is 4.49. The first kappa shape index (κ1) is 17.8. The lowest BCUT2D eigenvalue weighted by Gasteiger charge is -2.12. The number of benzene rings is 2. The molecule has 0 saturated carbocycles. The second-order valence-electron chi connectivity index (χ2n) is 6.06. The van der Waals surface area contributed by atoms with E-state index in [1.54, 1.807) is 7.11 Å². The number of allylic oxidation sites excluding steroid dienone is 1. The Morgan fingerprint density at radius 3 is 2.04 bits per heavy atom. The Morgan fingerprint density at radius 2 is 1.58 bits per heavy atom. The maximum absolute atomic E-state index is 10.8. The first-order valence-electron chi connectivity index (χ1n) is 8.18. The van der Waals surface area contributed by atoms with E-state index in [1.807, 2.05) is 30.3 Å². The van der Waals surface area contributed by atoms with Crippen molar-refractivity contribution in [3.05, 3.63) is 71.3 Å². The zero-order chi connectivity index (χ0) is 17.5. The molecule has 0 unspecified atom stereocenters. The fourth-order valence-corrected chi connectivity index (χ4v) is 2.56. The van der Waals surface area contributed by atoms with E-state index < -0.39 is 5.97 Å². The van der Waals surface area contributed by atoms with Gasteiger partial charge in [0.15, 0.2) is 0 Å². The van der Waals surface area contributed by atoms with Crippen LogP contribution < -0.4 is 4.74 Å². The molecule has 0 amide bonds. The smallest absolute Gasteiger partial charge is 0.303 e. The van der Waals surface area contributed by atoms with Crippen LogP contribution in [0.15, 0.2) is 54.6 Å². The summed E-state index contributed by atoms with van der Waals surface area (Å²) >= 11 is 0. The molecule has 0 aliphatic rings. The van der Waals surface area contributed by atoms with Crippen molar-refractivity contribution in [1.82, 2.24) is 0 Å². The third-order valence-corrected chi connectivity index (χ3v) is 4.00. The Morgan fingerprint density at radius 1 is 1.04 bits per heavy atom. The molecule has 0 fully saturated rings. The highest BCUT2D eigenvalue weighted by Gasteiger charge is 2.07. The first-order valence-corrected chi connectivity index (χ1v) is 8.18. The summed E-state index contributed by atoms with van der Waals surface area (Å²) in [6, 6.07) is 16.3. The van der Waals surface area contributed by atoms with Crippen LogP contribution >= 0.6 is 0 Å². The van der Waals surface area contributed by atoms with Crippen molar-refractivity contribution in [1.29, 1.82) is 0 Å². The van der Waals surface area contributed by atoms with Crippen LogP contribution in [0.3, 0.4) is 0 Å². The molecule has 0 heterocycles. The lowest BCUT2D eigenvalue weighted by Crippen LogP contribution is -1.95. The zero-order valence-electron chi connectivity index (χ0n) is 14.5. The van der Waals surface area contributed by atoms with Crippen LogP contribution in [0.2, 0.25) is 0 Å². The SMILES string of the molecule is COc1ccc(/C(=C\CCC(=O)O)c2ccc(C(C)C)cc2)cc1. The van der Waals surface area contributed by atoms with Crippen LogP contribution in [0.4, 0.5) is 0 Å². The average Bonchev–Trinajstić information content (AvgIpc) is 2.59. The topological polar surface area (TPSA) is 46.5 Å². The highest BCUT2D eigenvalue weighted by Crippen LogP contribution is 2.27. The Balaban J connectivity index is 2.35. The second-order valence-corrected chi connectivity index (χ2v) is 6.06. The standard InChI is InChI=1S/C21H24O3/c1-15(2)16-7-9-17(10-8-16)20(5-4-6-21(22)23)18-11-13-19(24-3)14-12-18/h5,7-15H,4,6H2,1-3H3,(H,22,23)/b20-5-. The van der Waals surface area contributed by atoms with Gasteiger partial charge in [0.05, 0.1) is 7.11 Å². The first-order chi connectivity index (χ1) is 11.5. The number of hydrogen-bond acceptors (Lipinski definition) is 2. The van der Waals surface area contributed by atoms with Crippen LogP contribution in [-0.4, -0.2) is 18.2 Å². The molecule has 3 heteroatoms. The van der Waals surface area contributed by atoms with Crippen molar-refractivity contribution in [3.8, 4) is 5.75 Å². The summed E-state index contributed by atoms with van der Waals surface area (Å²) < 4.78 is 5.21. The normalized spacial score (nSPS) is 11.6. The van der Waals surface area contributed by atoms with Gasteiger partial charge in [-0.15, -0.1) is 0 Å². The monoisotopic (exact) mass is 324 g/mol. The Kier molecular flexibility index (Phi) is 6.19. The minimum Gasteiger partial charge on any atom is -0.497 e. The number of hydrogen-bond donors (Lipinski definition) is 1. The lowest BCUT2D eigenvalue weighted by atomic mass is 9.94. The molecule has 0 spiro atoms. The number of carboxylic acid groups (broad SMARTS) is 1. The van der Waals surface area contributed by atoms with E-state index in [0.717, 1.165) is 22.4 Å². The van der Waals surface area contributed by atoms with Gasteiger partial charge >= 0.3 is 5.97 Å². The van der Waals surface area contributed by atoms with Gasteiger partial charge in [0.1, 0.15) is 5.75 Å². The molecule has 0 aromatic heterocycles. The van der Waals surface area contributed by atoms with E-state index in [-0.39, 0.29) is 6.42 Å².